The molecule has 3 rings (SSSR count). The maximum atomic E-state index is 11.9. The molecule has 41 heavy (non-hydrogen) atoms. The Kier molecular flexibility index (Phi) is 17.6. The van der Waals surface area contributed by atoms with Crippen LogP contribution in [-0.2, 0) is 19.0 Å². The fourth-order valence-corrected chi connectivity index (χ4v) is 7.03. The molecular weight excluding hydrogens is 512 g/mol. The van der Waals surface area contributed by atoms with Crippen LogP contribution in [0.4, 0.5) is 0 Å². The highest BCUT2D eigenvalue weighted by Gasteiger charge is 2.40. The van der Waals surface area contributed by atoms with E-state index in [9.17, 15) is 9.90 Å². The van der Waals surface area contributed by atoms with E-state index in [1.807, 2.05) is 6.08 Å². The predicted molar refractivity (Wildman–Crippen MR) is 168 cm³/mol. The lowest BCUT2D eigenvalue weighted by Gasteiger charge is -2.41. The molecule has 0 aromatic heterocycles. The van der Waals surface area contributed by atoms with Gasteiger partial charge in [0.05, 0.1) is 18.3 Å². The number of hydrogen-bond acceptors (Lipinski definition) is 4. The molecule has 5 nitrogen and oxygen atoms in total. The van der Waals surface area contributed by atoms with Gasteiger partial charge in [0, 0.05) is 12.0 Å². The molecule has 0 radical (unpaired) electrons. The highest BCUT2D eigenvalue weighted by atomic mass is 16.9. The predicted octanol–water partition coefficient (Wildman–Crippen LogP) is 10.8. The lowest BCUT2D eigenvalue weighted by Crippen LogP contribution is -2.47. The molecular formula is C36H64O5. The van der Waals surface area contributed by atoms with Gasteiger partial charge in [-0.15, -0.1) is 0 Å². The van der Waals surface area contributed by atoms with Crippen molar-refractivity contribution in [2.75, 3.05) is 0 Å². The van der Waals surface area contributed by atoms with E-state index in [-0.39, 0.29) is 18.3 Å². The molecule has 1 N–H and O–H groups in total. The van der Waals surface area contributed by atoms with Gasteiger partial charge in [0.15, 0.2) is 0 Å². The zero-order chi connectivity index (χ0) is 29.0. The van der Waals surface area contributed by atoms with E-state index in [0.29, 0.717) is 12.0 Å². The molecule has 3 aliphatic carbocycles. The van der Waals surface area contributed by atoms with Gasteiger partial charge in [-0.3, -0.25) is 0 Å². The third-order valence-electron chi connectivity index (χ3n) is 9.69. The Balaban J connectivity index is 1.89. The first-order valence-electron chi connectivity index (χ1n) is 18.0. The monoisotopic (exact) mass is 576 g/mol. The van der Waals surface area contributed by atoms with E-state index in [4.69, 9.17) is 14.2 Å². The maximum absolute atomic E-state index is 11.9. The molecule has 3 fully saturated rings. The Morgan fingerprint density at radius 2 is 0.780 bits per heavy atom. The van der Waals surface area contributed by atoms with E-state index in [1.54, 1.807) is 6.92 Å². The molecule has 5 heteroatoms. The van der Waals surface area contributed by atoms with Gasteiger partial charge >= 0.3 is 5.97 Å². The van der Waals surface area contributed by atoms with E-state index < -0.39 is 11.9 Å². The average Bonchev–Trinajstić information content (AvgIpc) is 2.97. The van der Waals surface area contributed by atoms with E-state index >= 15 is 0 Å². The standard InChI is InChI=1S/C36H64O5/c1-31(35(37)38)29-30-36(39-32-23-17-11-5-2-6-12-18-24-32,40-33-25-19-13-7-3-8-14-20-26-33)41-34-27-21-15-9-4-10-16-22-28-34/h29,32-34H,2-28,30H2,1H3,(H,37,38). The molecule has 238 valence electrons. The number of carbonyl (C=O) groups is 1. The van der Waals surface area contributed by atoms with Crippen molar-refractivity contribution < 1.29 is 24.1 Å². The summed E-state index contributed by atoms with van der Waals surface area (Å²) >= 11 is 0. The van der Waals surface area contributed by atoms with Gasteiger partial charge in [-0.1, -0.05) is 141 Å². The molecule has 0 heterocycles. The molecule has 0 saturated heterocycles. The largest absolute Gasteiger partial charge is 0.478 e. The first-order chi connectivity index (χ1) is 20.1. The number of aliphatic carboxylic acids is 1. The Labute approximate surface area is 252 Å². The van der Waals surface area contributed by atoms with Crippen LogP contribution in [0.5, 0.6) is 0 Å². The molecule has 0 atom stereocenters. The zero-order valence-electron chi connectivity index (χ0n) is 26.7. The molecule has 0 aromatic carbocycles. The van der Waals surface area contributed by atoms with Crippen LogP contribution in [0.25, 0.3) is 0 Å². The summed E-state index contributed by atoms with van der Waals surface area (Å²) in [5, 5.41) is 9.73. The van der Waals surface area contributed by atoms with E-state index in [0.717, 1.165) is 38.5 Å². The van der Waals surface area contributed by atoms with Crippen LogP contribution in [0.15, 0.2) is 11.6 Å². The number of carboxylic acid groups (broad SMARTS) is 1. The van der Waals surface area contributed by atoms with Crippen molar-refractivity contribution in [3.05, 3.63) is 11.6 Å². The zero-order valence-corrected chi connectivity index (χ0v) is 26.7. The minimum atomic E-state index is -1.21. The van der Waals surface area contributed by atoms with Gasteiger partial charge in [-0.05, 0) is 45.4 Å². The SMILES string of the molecule is CC(=CCC(OC1CCCCCCCCC1)(OC1CCCCCCCCC1)OC1CCCCCCCCC1)C(=O)O. The highest BCUT2D eigenvalue weighted by molar-refractivity contribution is 5.85. The summed E-state index contributed by atoms with van der Waals surface area (Å²) < 4.78 is 21.4. The van der Waals surface area contributed by atoms with Crippen molar-refractivity contribution in [3.8, 4) is 0 Å². The molecule has 0 bridgehead atoms. The molecule has 0 unspecified atom stereocenters. The molecule has 0 aromatic rings. The van der Waals surface area contributed by atoms with Crippen LogP contribution in [0.1, 0.15) is 187 Å². The average molecular weight is 577 g/mol. The van der Waals surface area contributed by atoms with E-state index in [2.05, 4.69) is 0 Å². The number of carboxylic acids is 1. The van der Waals surface area contributed by atoms with Crippen LogP contribution in [-0.4, -0.2) is 35.4 Å². The normalized spacial score (nSPS) is 24.0. The maximum Gasteiger partial charge on any atom is 0.330 e. The number of hydrogen-bond donors (Lipinski definition) is 1. The Morgan fingerprint density at radius 1 is 0.537 bits per heavy atom. The Hall–Kier alpha value is -0.910. The van der Waals surface area contributed by atoms with Gasteiger partial charge in [0.2, 0.25) is 0 Å². The summed E-state index contributed by atoms with van der Waals surface area (Å²) in [6, 6.07) is 0. The fourth-order valence-electron chi connectivity index (χ4n) is 7.03. The first kappa shape index (κ1) is 34.6. The highest BCUT2D eigenvalue weighted by Crippen LogP contribution is 2.35. The van der Waals surface area contributed by atoms with E-state index in [1.165, 1.54) is 135 Å². The Bertz CT molecular complexity index is 619. The van der Waals surface area contributed by atoms with Crippen LogP contribution in [0.2, 0.25) is 0 Å². The topological polar surface area (TPSA) is 65.0 Å². The number of ether oxygens (including phenoxy) is 3. The van der Waals surface area contributed by atoms with Crippen LogP contribution >= 0.6 is 0 Å². The van der Waals surface area contributed by atoms with Crippen LogP contribution in [0.3, 0.4) is 0 Å². The smallest absolute Gasteiger partial charge is 0.330 e. The van der Waals surface area contributed by atoms with Crippen molar-refractivity contribution in [1.82, 2.24) is 0 Å². The first-order valence-corrected chi connectivity index (χ1v) is 18.0. The second-order valence-electron chi connectivity index (χ2n) is 13.5. The molecule has 3 aliphatic rings. The van der Waals surface area contributed by atoms with Crippen molar-refractivity contribution in [3.63, 3.8) is 0 Å². The third kappa shape index (κ3) is 14.9. The van der Waals surface area contributed by atoms with Crippen molar-refractivity contribution in [1.29, 1.82) is 0 Å². The van der Waals surface area contributed by atoms with Crippen LogP contribution in [0, 0.1) is 0 Å². The van der Waals surface area contributed by atoms with Gasteiger partial charge in [-0.2, -0.15) is 0 Å². The summed E-state index contributed by atoms with van der Waals surface area (Å²) in [7, 11) is 0. The minimum absolute atomic E-state index is 0.0886. The van der Waals surface area contributed by atoms with Gasteiger partial charge in [0.25, 0.3) is 5.97 Å². The summed E-state index contributed by atoms with van der Waals surface area (Å²) in [6.07, 6.45) is 35.2. The fraction of sp³-hybridized carbons (Fsp3) is 0.917. The number of rotatable bonds is 9. The second-order valence-corrected chi connectivity index (χ2v) is 13.5. The summed E-state index contributed by atoms with van der Waals surface area (Å²) in [5.74, 6) is -2.09. The quantitative estimate of drug-likeness (QED) is 0.218. The second kappa shape index (κ2) is 20.9. The van der Waals surface area contributed by atoms with Crippen LogP contribution < -0.4 is 0 Å². The summed E-state index contributed by atoms with van der Waals surface area (Å²) in [5.41, 5.74) is 0.341. The van der Waals surface area contributed by atoms with Gasteiger partial charge in [0.1, 0.15) is 0 Å². The minimum Gasteiger partial charge on any atom is -0.478 e. The van der Waals surface area contributed by atoms with Gasteiger partial charge in [-0.25, -0.2) is 4.79 Å². The summed E-state index contributed by atoms with van der Waals surface area (Å²) in [6.45, 7) is 1.68. The molecule has 0 amide bonds. The molecule has 3 saturated carbocycles. The summed E-state index contributed by atoms with van der Waals surface area (Å²) in [4.78, 5) is 11.9. The van der Waals surface area contributed by atoms with Crippen molar-refractivity contribution >= 4 is 5.97 Å². The molecule has 0 aliphatic heterocycles. The molecule has 0 spiro atoms. The lowest BCUT2D eigenvalue weighted by atomic mass is 9.98. The van der Waals surface area contributed by atoms with Gasteiger partial charge < -0.3 is 19.3 Å². The Morgan fingerprint density at radius 3 is 1.02 bits per heavy atom. The lowest BCUT2D eigenvalue weighted by molar-refractivity contribution is -0.418. The third-order valence-corrected chi connectivity index (χ3v) is 9.69. The van der Waals surface area contributed by atoms with Crippen molar-refractivity contribution in [2.45, 2.75) is 211 Å². The van der Waals surface area contributed by atoms with Crippen molar-refractivity contribution in [2.24, 2.45) is 0 Å².